The number of halogens is 1. The Morgan fingerprint density at radius 2 is 1.68 bits per heavy atom. The molecule has 44 heavy (non-hydrogen) atoms. The predicted octanol–water partition coefficient (Wildman–Crippen LogP) is 4.00. The molecule has 3 aromatic carbocycles. The fourth-order valence-corrected chi connectivity index (χ4v) is 5.41. The normalized spacial score (nSPS) is 16.8. The Balaban J connectivity index is 1.45. The maximum absolute atomic E-state index is 14.9. The Morgan fingerprint density at radius 1 is 0.955 bits per heavy atom. The van der Waals surface area contributed by atoms with Crippen molar-refractivity contribution in [2.75, 3.05) is 67.3 Å². The average molecular weight is 605 g/mol. The van der Waals surface area contributed by atoms with Crippen LogP contribution in [0, 0.1) is 5.82 Å². The van der Waals surface area contributed by atoms with Gasteiger partial charge in [-0.2, -0.15) is 5.10 Å². The Hall–Kier alpha value is -4.48. The van der Waals surface area contributed by atoms with Crippen LogP contribution in [0.3, 0.4) is 0 Å². The first-order valence-corrected chi connectivity index (χ1v) is 14.5. The number of rotatable bonds is 11. The van der Waals surface area contributed by atoms with Crippen molar-refractivity contribution in [3.05, 3.63) is 89.2 Å². The molecule has 0 aliphatic carbocycles. The molecular weight excluding hydrogens is 567 g/mol. The maximum atomic E-state index is 14.9. The van der Waals surface area contributed by atoms with Gasteiger partial charge in [-0.3, -0.25) is 14.5 Å². The first-order valence-electron chi connectivity index (χ1n) is 14.5. The zero-order valence-electron chi connectivity index (χ0n) is 25.2. The summed E-state index contributed by atoms with van der Waals surface area (Å²) >= 11 is 0. The lowest BCUT2D eigenvalue weighted by atomic mass is 9.97. The third kappa shape index (κ3) is 7.00. The van der Waals surface area contributed by atoms with Crippen molar-refractivity contribution in [1.82, 2.24) is 14.8 Å². The fraction of sp³-hybridized carbons (Fsp3) is 0.364. The Bertz CT molecular complexity index is 1490. The highest BCUT2D eigenvalue weighted by Crippen LogP contribution is 2.37. The summed E-state index contributed by atoms with van der Waals surface area (Å²) in [5.74, 6) is 0.575. The first-order chi connectivity index (χ1) is 21.4. The molecule has 10 nitrogen and oxygen atoms in total. The summed E-state index contributed by atoms with van der Waals surface area (Å²) in [7, 11) is 4.65. The highest BCUT2D eigenvalue weighted by molar-refractivity contribution is 6.04. The van der Waals surface area contributed by atoms with Crippen molar-refractivity contribution in [2.24, 2.45) is 5.10 Å². The molecule has 1 atom stereocenters. The van der Waals surface area contributed by atoms with Crippen molar-refractivity contribution in [3.8, 4) is 17.2 Å². The van der Waals surface area contributed by atoms with Crippen molar-refractivity contribution < 1.29 is 32.9 Å². The molecule has 5 rings (SSSR count). The van der Waals surface area contributed by atoms with Crippen molar-refractivity contribution >= 4 is 17.5 Å². The van der Waals surface area contributed by atoms with E-state index in [4.69, 9.17) is 18.9 Å². The highest BCUT2D eigenvalue weighted by atomic mass is 19.1. The van der Waals surface area contributed by atoms with Gasteiger partial charge < -0.3 is 23.8 Å². The van der Waals surface area contributed by atoms with E-state index < -0.39 is 11.9 Å². The third-order valence-electron chi connectivity index (χ3n) is 7.88. The number of hydrogen-bond acceptors (Lipinski definition) is 8. The fourth-order valence-electron chi connectivity index (χ4n) is 5.41. The number of hydrazone groups is 1. The van der Waals surface area contributed by atoms with E-state index in [-0.39, 0.29) is 24.8 Å². The van der Waals surface area contributed by atoms with Crippen LogP contribution in [0.25, 0.3) is 0 Å². The summed E-state index contributed by atoms with van der Waals surface area (Å²) in [6.07, 6.45) is 0.280. The van der Waals surface area contributed by atoms with Gasteiger partial charge in [0, 0.05) is 43.7 Å². The number of carbonyl (C=O) groups is 2. The molecular formula is C33H37FN4O6. The van der Waals surface area contributed by atoms with Crippen LogP contribution in [0.1, 0.15) is 33.9 Å². The van der Waals surface area contributed by atoms with Gasteiger partial charge in [0.2, 0.25) is 0 Å². The number of morpholine rings is 1. The number of amides is 2. The third-order valence-corrected chi connectivity index (χ3v) is 7.88. The average Bonchev–Trinajstić information content (AvgIpc) is 3.52. The van der Waals surface area contributed by atoms with Crippen LogP contribution in [-0.4, -0.2) is 99.6 Å². The first kappa shape index (κ1) is 31.0. The Morgan fingerprint density at radius 3 is 2.36 bits per heavy atom. The van der Waals surface area contributed by atoms with Gasteiger partial charge in [-0.05, 0) is 48.0 Å². The van der Waals surface area contributed by atoms with Crippen LogP contribution in [0.15, 0.2) is 71.8 Å². The second kappa shape index (κ2) is 14.3. The summed E-state index contributed by atoms with van der Waals surface area (Å²) in [5.41, 5.74) is 1.95. The molecule has 11 heteroatoms. The largest absolute Gasteiger partial charge is 0.497 e. The summed E-state index contributed by atoms with van der Waals surface area (Å²) in [6, 6.07) is 18.0. The minimum absolute atomic E-state index is 0.215. The van der Waals surface area contributed by atoms with Gasteiger partial charge in [-0.1, -0.05) is 24.3 Å². The van der Waals surface area contributed by atoms with Gasteiger partial charge >= 0.3 is 0 Å². The summed E-state index contributed by atoms with van der Waals surface area (Å²) in [5, 5.41) is 6.01. The minimum atomic E-state index is -0.547. The van der Waals surface area contributed by atoms with Crippen LogP contribution in [-0.2, 0) is 9.53 Å². The molecule has 2 aliphatic heterocycles. The smallest absolute Gasteiger partial charge is 0.262 e. The molecule has 0 spiro atoms. The molecule has 232 valence electrons. The summed E-state index contributed by atoms with van der Waals surface area (Å²) in [4.78, 5) is 31.6. The lowest BCUT2D eigenvalue weighted by Crippen LogP contribution is -2.46. The van der Waals surface area contributed by atoms with Gasteiger partial charge in [0.05, 0.1) is 46.3 Å². The topological polar surface area (TPSA) is 93.1 Å². The van der Waals surface area contributed by atoms with E-state index in [0.29, 0.717) is 60.4 Å². The number of hydrogen-bond donors (Lipinski definition) is 0. The van der Waals surface area contributed by atoms with Crippen LogP contribution >= 0.6 is 0 Å². The highest BCUT2D eigenvalue weighted by Gasteiger charge is 2.36. The number of carbonyl (C=O) groups excluding carboxylic acids is 2. The van der Waals surface area contributed by atoms with Crippen molar-refractivity contribution in [1.29, 1.82) is 0 Å². The molecule has 2 heterocycles. The minimum Gasteiger partial charge on any atom is -0.497 e. The van der Waals surface area contributed by atoms with Gasteiger partial charge in [0.1, 0.15) is 18.1 Å². The number of methoxy groups -OCH3 is 3. The molecule has 1 saturated heterocycles. The second-order valence-electron chi connectivity index (χ2n) is 10.5. The van der Waals surface area contributed by atoms with Gasteiger partial charge in [0.15, 0.2) is 11.5 Å². The molecule has 2 amide bonds. The monoisotopic (exact) mass is 604 g/mol. The summed E-state index contributed by atoms with van der Waals surface area (Å²) < 4.78 is 36.5. The van der Waals surface area contributed by atoms with Crippen molar-refractivity contribution in [2.45, 2.75) is 12.5 Å². The molecule has 3 aromatic rings. The lowest BCUT2D eigenvalue weighted by Gasteiger charge is -2.31. The lowest BCUT2D eigenvalue weighted by molar-refractivity contribution is -0.133. The molecule has 0 saturated carbocycles. The standard InChI is InChI=1S/C33H37FN4O6/c1-41-25-11-8-23(9-12-25)33(40)37(15-14-36-16-18-44-19-17-36)22-32(39)38-29(24-10-13-30(42-2)31(20-24)43-3)21-28(35-38)26-6-4-5-7-27(26)34/h4-13,20,29H,14-19,21-22H2,1-3H3. The number of ether oxygens (including phenoxy) is 4. The SMILES string of the molecule is COc1ccc(C(=O)N(CCN2CCOCC2)CC(=O)N2N=C(c3ccccc3F)CC2c2ccc(OC)c(OC)c2)cc1. The Labute approximate surface area is 256 Å². The van der Waals surface area contributed by atoms with Gasteiger partial charge in [-0.25, -0.2) is 9.40 Å². The molecule has 2 aliphatic rings. The number of benzene rings is 3. The van der Waals surface area contributed by atoms with E-state index in [2.05, 4.69) is 10.0 Å². The van der Waals surface area contributed by atoms with E-state index in [9.17, 15) is 14.0 Å². The van der Waals surface area contributed by atoms with Crippen LogP contribution in [0.4, 0.5) is 4.39 Å². The molecule has 0 N–H and O–H groups in total. The number of nitrogens with zero attached hydrogens (tertiary/aromatic N) is 4. The maximum Gasteiger partial charge on any atom is 0.262 e. The van der Waals surface area contributed by atoms with Crippen LogP contribution < -0.4 is 14.2 Å². The zero-order chi connectivity index (χ0) is 31.1. The molecule has 1 unspecified atom stereocenters. The quantitative estimate of drug-likeness (QED) is 0.327. The molecule has 0 radical (unpaired) electrons. The van der Waals surface area contributed by atoms with E-state index in [0.717, 1.165) is 18.7 Å². The molecule has 1 fully saturated rings. The van der Waals surface area contributed by atoms with Gasteiger partial charge in [0.25, 0.3) is 11.8 Å². The zero-order valence-corrected chi connectivity index (χ0v) is 25.2. The predicted molar refractivity (Wildman–Crippen MR) is 163 cm³/mol. The second-order valence-corrected chi connectivity index (χ2v) is 10.5. The molecule has 0 aromatic heterocycles. The molecule has 0 bridgehead atoms. The van der Waals surface area contributed by atoms with E-state index >= 15 is 0 Å². The van der Waals surface area contributed by atoms with Crippen molar-refractivity contribution in [3.63, 3.8) is 0 Å². The Kier molecular flexibility index (Phi) is 10.1. The van der Waals surface area contributed by atoms with E-state index in [1.54, 1.807) is 73.7 Å². The van der Waals surface area contributed by atoms with Crippen LogP contribution in [0.5, 0.6) is 17.2 Å². The van der Waals surface area contributed by atoms with E-state index in [1.807, 2.05) is 6.07 Å². The van der Waals surface area contributed by atoms with E-state index in [1.165, 1.54) is 18.2 Å². The summed E-state index contributed by atoms with van der Waals surface area (Å²) in [6.45, 7) is 3.45. The van der Waals surface area contributed by atoms with Crippen LogP contribution in [0.2, 0.25) is 0 Å². The van der Waals surface area contributed by atoms with Gasteiger partial charge in [-0.15, -0.1) is 0 Å².